The molecule has 1 saturated heterocycles. The van der Waals surface area contributed by atoms with Gasteiger partial charge in [-0.2, -0.15) is 0 Å². The quantitative estimate of drug-likeness (QED) is 0.606. The van der Waals surface area contributed by atoms with Gasteiger partial charge in [0.15, 0.2) is 0 Å². The molecule has 1 aromatic carbocycles. The molecule has 0 unspecified atom stereocenters. The van der Waals surface area contributed by atoms with Crippen molar-refractivity contribution >= 4 is 16.8 Å². The van der Waals surface area contributed by atoms with Gasteiger partial charge in [0.1, 0.15) is 0 Å². The third-order valence-electron chi connectivity index (χ3n) is 7.52. The Morgan fingerprint density at radius 1 is 1.15 bits per heavy atom. The second-order valence-corrected chi connectivity index (χ2v) is 10.4. The van der Waals surface area contributed by atoms with E-state index in [-0.39, 0.29) is 11.5 Å². The fourth-order valence-electron chi connectivity index (χ4n) is 5.29. The summed E-state index contributed by atoms with van der Waals surface area (Å²) in [6, 6.07) is 8.88. The van der Waals surface area contributed by atoms with Crippen LogP contribution in [0.4, 0.5) is 0 Å². The second kappa shape index (κ2) is 9.41. The first kappa shape index (κ1) is 24.3. The highest BCUT2D eigenvalue weighted by molar-refractivity contribution is 5.92. The predicted molar refractivity (Wildman–Crippen MR) is 140 cm³/mol. The number of aromatic nitrogens is 2. The van der Waals surface area contributed by atoms with Crippen LogP contribution in [0.1, 0.15) is 60.9 Å². The number of pyridine rings is 1. The molecule has 1 aliphatic rings. The van der Waals surface area contributed by atoms with E-state index < -0.39 is 0 Å². The molecule has 1 N–H and O–H groups in total. The molecule has 34 heavy (non-hydrogen) atoms. The summed E-state index contributed by atoms with van der Waals surface area (Å²) in [6.07, 6.45) is 2.14. The molecule has 3 heterocycles. The molecular weight excluding hydrogens is 424 g/mol. The largest absolute Gasteiger partial charge is 0.354 e. The highest BCUT2D eigenvalue weighted by atomic mass is 16.2. The summed E-state index contributed by atoms with van der Waals surface area (Å²) >= 11 is 0. The number of rotatable bonds is 5. The highest BCUT2D eigenvalue weighted by Gasteiger charge is 2.24. The molecule has 4 rings (SSSR count). The van der Waals surface area contributed by atoms with E-state index in [1.165, 1.54) is 16.5 Å². The number of carbonyl (C=O) groups is 1. The van der Waals surface area contributed by atoms with Gasteiger partial charge in [0.2, 0.25) is 5.91 Å². The maximum atomic E-state index is 12.4. The smallest absolute Gasteiger partial charge is 0.253 e. The fraction of sp³-hybridized carbons (Fsp3) is 0.500. The van der Waals surface area contributed by atoms with Crippen LogP contribution in [0.15, 0.2) is 29.1 Å². The van der Waals surface area contributed by atoms with Gasteiger partial charge in [0, 0.05) is 48.9 Å². The van der Waals surface area contributed by atoms with E-state index in [0.29, 0.717) is 18.4 Å². The standard InChI is InChI=1S/C28H38N4O2/c1-17(2)26-23-15-21(20-10-12-32(13-11-20)16-25(33)30(5)6)8-9-24(23)29-27(26)22-14-18(3)28(34)31(7)19(22)4/h8-9,14-15,17,20,29H,10-13,16H2,1-7H3. The lowest BCUT2D eigenvalue weighted by atomic mass is 9.87. The van der Waals surface area contributed by atoms with Gasteiger partial charge in [-0.1, -0.05) is 19.9 Å². The summed E-state index contributed by atoms with van der Waals surface area (Å²) < 4.78 is 1.75. The minimum absolute atomic E-state index is 0.0596. The number of piperidine rings is 1. The average Bonchev–Trinajstić information content (AvgIpc) is 3.19. The van der Waals surface area contributed by atoms with Crippen molar-refractivity contribution in [3.8, 4) is 11.3 Å². The molecular formula is C28H38N4O2. The first-order chi connectivity index (χ1) is 16.1. The summed E-state index contributed by atoms with van der Waals surface area (Å²) in [6.45, 7) is 10.8. The van der Waals surface area contributed by atoms with E-state index in [4.69, 9.17) is 0 Å². The summed E-state index contributed by atoms with van der Waals surface area (Å²) in [7, 11) is 5.49. The molecule has 0 aliphatic carbocycles. The molecule has 3 aromatic rings. The van der Waals surface area contributed by atoms with E-state index in [1.54, 1.807) is 9.47 Å². The minimum atomic E-state index is 0.0596. The van der Waals surface area contributed by atoms with Crippen LogP contribution in [0.25, 0.3) is 22.2 Å². The molecule has 6 nitrogen and oxygen atoms in total. The molecule has 0 bridgehead atoms. The van der Waals surface area contributed by atoms with Crippen molar-refractivity contribution in [3.63, 3.8) is 0 Å². The first-order valence-electron chi connectivity index (χ1n) is 12.3. The Morgan fingerprint density at radius 2 is 1.82 bits per heavy atom. The van der Waals surface area contributed by atoms with Crippen molar-refractivity contribution in [2.75, 3.05) is 33.7 Å². The maximum absolute atomic E-state index is 12.4. The molecule has 1 amide bonds. The number of hydrogen-bond acceptors (Lipinski definition) is 3. The Hall–Kier alpha value is -2.86. The highest BCUT2D eigenvalue weighted by Crippen LogP contribution is 2.39. The van der Waals surface area contributed by atoms with E-state index in [0.717, 1.165) is 54.0 Å². The van der Waals surface area contributed by atoms with E-state index in [1.807, 2.05) is 41.1 Å². The number of fused-ring (bicyclic) bond motifs is 1. The predicted octanol–water partition coefficient (Wildman–Crippen LogP) is 4.54. The van der Waals surface area contributed by atoms with Gasteiger partial charge in [0.05, 0.1) is 12.2 Å². The number of amides is 1. The summed E-state index contributed by atoms with van der Waals surface area (Å²) in [5, 5.41) is 1.28. The van der Waals surface area contributed by atoms with Gasteiger partial charge in [-0.3, -0.25) is 14.5 Å². The molecule has 0 saturated carbocycles. The lowest BCUT2D eigenvalue weighted by molar-refractivity contribution is -0.130. The van der Waals surface area contributed by atoms with Gasteiger partial charge < -0.3 is 14.5 Å². The number of H-pyrrole nitrogens is 1. The minimum Gasteiger partial charge on any atom is -0.354 e. The molecule has 1 fully saturated rings. The molecule has 6 heteroatoms. The van der Waals surface area contributed by atoms with E-state index >= 15 is 0 Å². The van der Waals surface area contributed by atoms with Crippen molar-refractivity contribution in [2.24, 2.45) is 7.05 Å². The lowest BCUT2D eigenvalue weighted by Crippen LogP contribution is -2.40. The number of nitrogens with zero attached hydrogens (tertiary/aromatic N) is 3. The van der Waals surface area contributed by atoms with Crippen LogP contribution in [0.3, 0.4) is 0 Å². The zero-order chi connectivity index (χ0) is 24.7. The number of carbonyl (C=O) groups excluding carboxylic acids is 1. The van der Waals surface area contributed by atoms with Crippen LogP contribution >= 0.6 is 0 Å². The molecule has 0 radical (unpaired) electrons. The number of aryl methyl sites for hydroxylation is 1. The number of nitrogens with one attached hydrogen (secondary N) is 1. The molecule has 0 atom stereocenters. The SMILES string of the molecule is Cc1cc(-c2[nH]c3ccc(C4CCN(CC(=O)N(C)C)CC4)cc3c2C(C)C)c(C)n(C)c1=O. The third kappa shape index (κ3) is 4.43. The van der Waals surface area contributed by atoms with Gasteiger partial charge in [0.25, 0.3) is 5.56 Å². The Labute approximate surface area is 202 Å². The van der Waals surface area contributed by atoms with Gasteiger partial charge >= 0.3 is 0 Å². The molecule has 2 aromatic heterocycles. The Morgan fingerprint density at radius 3 is 2.44 bits per heavy atom. The van der Waals surface area contributed by atoms with Crippen LogP contribution in [-0.4, -0.2) is 59.0 Å². The van der Waals surface area contributed by atoms with Crippen LogP contribution < -0.4 is 5.56 Å². The number of benzene rings is 1. The third-order valence-corrected chi connectivity index (χ3v) is 7.52. The molecule has 1 aliphatic heterocycles. The number of likely N-dealkylation sites (N-methyl/N-ethyl adjacent to an activating group) is 1. The van der Waals surface area contributed by atoms with Crippen molar-refractivity contribution in [3.05, 3.63) is 57.0 Å². The Bertz CT molecular complexity index is 1270. The van der Waals surface area contributed by atoms with Crippen LogP contribution in [0, 0.1) is 13.8 Å². The zero-order valence-electron chi connectivity index (χ0n) is 21.7. The van der Waals surface area contributed by atoms with Crippen LogP contribution in [0.5, 0.6) is 0 Å². The van der Waals surface area contributed by atoms with E-state index in [2.05, 4.69) is 41.9 Å². The summed E-state index contributed by atoms with van der Waals surface area (Å²) in [4.78, 5) is 32.1. The summed E-state index contributed by atoms with van der Waals surface area (Å²) in [5.74, 6) is 1.02. The topological polar surface area (TPSA) is 61.3 Å². The van der Waals surface area contributed by atoms with E-state index in [9.17, 15) is 9.59 Å². The average molecular weight is 463 g/mol. The van der Waals surface area contributed by atoms with Crippen molar-refractivity contribution in [1.29, 1.82) is 0 Å². The zero-order valence-corrected chi connectivity index (χ0v) is 21.7. The number of hydrogen-bond donors (Lipinski definition) is 1. The maximum Gasteiger partial charge on any atom is 0.253 e. The Balaban J connectivity index is 1.68. The number of likely N-dealkylation sites (tertiary alicyclic amines) is 1. The first-order valence-corrected chi connectivity index (χ1v) is 12.3. The van der Waals surface area contributed by atoms with Gasteiger partial charge in [-0.05, 0) is 80.9 Å². The normalized spacial score (nSPS) is 15.4. The van der Waals surface area contributed by atoms with Gasteiger partial charge in [-0.15, -0.1) is 0 Å². The molecule has 0 spiro atoms. The fourth-order valence-corrected chi connectivity index (χ4v) is 5.29. The molecule has 182 valence electrons. The van der Waals surface area contributed by atoms with Crippen LogP contribution in [0.2, 0.25) is 0 Å². The lowest BCUT2D eigenvalue weighted by Gasteiger charge is -2.32. The van der Waals surface area contributed by atoms with Crippen molar-refractivity contribution in [2.45, 2.75) is 52.4 Å². The Kier molecular flexibility index (Phi) is 6.72. The second-order valence-electron chi connectivity index (χ2n) is 10.4. The van der Waals surface area contributed by atoms with Crippen molar-refractivity contribution < 1.29 is 4.79 Å². The monoisotopic (exact) mass is 462 g/mol. The van der Waals surface area contributed by atoms with Crippen molar-refractivity contribution in [1.82, 2.24) is 19.4 Å². The number of aromatic amines is 1. The summed E-state index contributed by atoms with van der Waals surface area (Å²) in [5.41, 5.74) is 7.85. The van der Waals surface area contributed by atoms with Crippen LogP contribution in [-0.2, 0) is 11.8 Å². The van der Waals surface area contributed by atoms with Gasteiger partial charge in [-0.25, -0.2) is 0 Å².